The monoisotopic (exact) mass is 259 g/mol. The number of aromatic nitrogens is 2. The van der Waals surface area contributed by atoms with Crippen LogP contribution in [0.15, 0.2) is 30.6 Å². The Morgan fingerprint density at radius 2 is 2.16 bits per heavy atom. The van der Waals surface area contributed by atoms with E-state index in [1.165, 1.54) is 5.56 Å². The fourth-order valence-corrected chi connectivity index (χ4v) is 2.04. The van der Waals surface area contributed by atoms with E-state index in [-0.39, 0.29) is 6.04 Å². The molecule has 1 atom stereocenters. The van der Waals surface area contributed by atoms with E-state index in [1.54, 1.807) is 6.20 Å². The summed E-state index contributed by atoms with van der Waals surface area (Å²) >= 11 is 0. The third-order valence-electron chi connectivity index (χ3n) is 3.17. The standard InChI is InChI=1S/C15H21N3O/c1-11-4-5-14(12(2)16)15(10-11)19-9-8-18-7-6-17-13(18)3/h4-7,10,12H,8-9,16H2,1-3H3. The summed E-state index contributed by atoms with van der Waals surface area (Å²) < 4.78 is 7.95. The lowest BCUT2D eigenvalue weighted by atomic mass is 10.1. The molecule has 102 valence electrons. The summed E-state index contributed by atoms with van der Waals surface area (Å²) in [7, 11) is 0. The van der Waals surface area contributed by atoms with Gasteiger partial charge in [0.25, 0.3) is 0 Å². The number of ether oxygens (including phenoxy) is 1. The summed E-state index contributed by atoms with van der Waals surface area (Å²) in [5.74, 6) is 1.88. The fourth-order valence-electron chi connectivity index (χ4n) is 2.04. The molecular formula is C15H21N3O. The second-order valence-corrected chi connectivity index (χ2v) is 4.85. The quantitative estimate of drug-likeness (QED) is 0.898. The number of nitrogens with zero attached hydrogens (tertiary/aromatic N) is 2. The predicted molar refractivity (Wildman–Crippen MR) is 76.2 cm³/mol. The highest BCUT2D eigenvalue weighted by atomic mass is 16.5. The molecule has 2 N–H and O–H groups in total. The Labute approximate surface area is 114 Å². The zero-order valence-corrected chi connectivity index (χ0v) is 11.8. The molecule has 19 heavy (non-hydrogen) atoms. The zero-order valence-electron chi connectivity index (χ0n) is 11.8. The first-order valence-corrected chi connectivity index (χ1v) is 6.54. The molecule has 1 heterocycles. The Kier molecular flexibility index (Phi) is 4.22. The van der Waals surface area contributed by atoms with Crippen LogP contribution in [0.3, 0.4) is 0 Å². The van der Waals surface area contributed by atoms with Crippen molar-refractivity contribution in [1.82, 2.24) is 9.55 Å². The van der Waals surface area contributed by atoms with Crippen molar-refractivity contribution in [3.8, 4) is 5.75 Å². The largest absolute Gasteiger partial charge is 0.491 e. The highest BCUT2D eigenvalue weighted by Gasteiger charge is 2.08. The second kappa shape index (κ2) is 5.89. The summed E-state index contributed by atoms with van der Waals surface area (Å²) in [6.45, 7) is 7.41. The van der Waals surface area contributed by atoms with Crippen LogP contribution in [0.1, 0.15) is 29.9 Å². The van der Waals surface area contributed by atoms with Gasteiger partial charge in [0, 0.05) is 24.0 Å². The van der Waals surface area contributed by atoms with Gasteiger partial charge in [-0.1, -0.05) is 12.1 Å². The molecule has 1 unspecified atom stereocenters. The van der Waals surface area contributed by atoms with Crippen molar-refractivity contribution in [2.45, 2.75) is 33.4 Å². The maximum atomic E-state index is 5.96. The van der Waals surface area contributed by atoms with E-state index in [1.807, 2.05) is 32.2 Å². The predicted octanol–water partition coefficient (Wildman–Crippen LogP) is 2.60. The maximum absolute atomic E-state index is 5.96. The average molecular weight is 259 g/mol. The van der Waals surface area contributed by atoms with E-state index in [2.05, 4.69) is 22.5 Å². The van der Waals surface area contributed by atoms with Crippen LogP contribution >= 0.6 is 0 Å². The summed E-state index contributed by atoms with van der Waals surface area (Å²) in [5.41, 5.74) is 8.19. The van der Waals surface area contributed by atoms with Crippen molar-refractivity contribution in [1.29, 1.82) is 0 Å². The first-order chi connectivity index (χ1) is 9.08. The topological polar surface area (TPSA) is 53.1 Å². The van der Waals surface area contributed by atoms with Crippen LogP contribution in [0.25, 0.3) is 0 Å². The number of rotatable bonds is 5. The molecule has 0 amide bonds. The van der Waals surface area contributed by atoms with E-state index >= 15 is 0 Å². The molecule has 0 bridgehead atoms. The average Bonchev–Trinajstić information content (AvgIpc) is 2.75. The van der Waals surface area contributed by atoms with Gasteiger partial charge in [-0.2, -0.15) is 0 Å². The van der Waals surface area contributed by atoms with E-state index in [9.17, 15) is 0 Å². The van der Waals surface area contributed by atoms with Crippen LogP contribution in [0.4, 0.5) is 0 Å². The molecule has 0 saturated heterocycles. The molecule has 2 aromatic rings. The molecule has 4 nitrogen and oxygen atoms in total. The molecule has 0 aliphatic carbocycles. The van der Waals surface area contributed by atoms with Gasteiger partial charge in [0.05, 0.1) is 6.54 Å². The van der Waals surface area contributed by atoms with Crippen LogP contribution in [0, 0.1) is 13.8 Å². The van der Waals surface area contributed by atoms with E-state index in [0.29, 0.717) is 6.61 Å². The Morgan fingerprint density at radius 1 is 1.37 bits per heavy atom. The lowest BCUT2D eigenvalue weighted by molar-refractivity contribution is 0.293. The highest BCUT2D eigenvalue weighted by Crippen LogP contribution is 2.25. The summed E-state index contributed by atoms with van der Waals surface area (Å²) in [5, 5.41) is 0. The lowest BCUT2D eigenvalue weighted by Crippen LogP contribution is -2.12. The molecule has 0 saturated carbocycles. The van der Waals surface area contributed by atoms with Crippen LogP contribution in [-0.4, -0.2) is 16.2 Å². The van der Waals surface area contributed by atoms with Crippen LogP contribution in [0.5, 0.6) is 5.75 Å². The van der Waals surface area contributed by atoms with Gasteiger partial charge >= 0.3 is 0 Å². The fraction of sp³-hybridized carbons (Fsp3) is 0.400. The minimum atomic E-state index is -0.0226. The molecule has 0 fully saturated rings. The van der Waals surface area contributed by atoms with Crippen molar-refractivity contribution < 1.29 is 4.74 Å². The molecular weight excluding hydrogens is 238 g/mol. The molecule has 0 radical (unpaired) electrons. The lowest BCUT2D eigenvalue weighted by Gasteiger charge is -2.15. The van der Waals surface area contributed by atoms with Crippen molar-refractivity contribution in [3.63, 3.8) is 0 Å². The SMILES string of the molecule is Cc1ccc(C(C)N)c(OCCn2ccnc2C)c1. The van der Waals surface area contributed by atoms with Crippen LogP contribution < -0.4 is 10.5 Å². The number of nitrogens with two attached hydrogens (primary N) is 1. The van der Waals surface area contributed by atoms with Crippen LogP contribution in [-0.2, 0) is 6.54 Å². The van der Waals surface area contributed by atoms with E-state index in [0.717, 1.165) is 23.7 Å². The van der Waals surface area contributed by atoms with Gasteiger partial charge in [0.15, 0.2) is 0 Å². The molecule has 2 rings (SSSR count). The van der Waals surface area contributed by atoms with Gasteiger partial charge in [-0.3, -0.25) is 0 Å². The first-order valence-electron chi connectivity index (χ1n) is 6.54. The molecule has 0 aliphatic heterocycles. The molecule has 1 aromatic carbocycles. The summed E-state index contributed by atoms with van der Waals surface area (Å²) in [6, 6.07) is 6.12. The molecule has 0 spiro atoms. The third-order valence-corrected chi connectivity index (χ3v) is 3.17. The highest BCUT2D eigenvalue weighted by molar-refractivity contribution is 5.38. The number of hydrogen-bond acceptors (Lipinski definition) is 3. The Balaban J connectivity index is 2.03. The molecule has 0 aliphatic rings. The summed E-state index contributed by atoms with van der Waals surface area (Å²) in [4.78, 5) is 4.19. The number of benzene rings is 1. The Bertz CT molecular complexity index is 546. The van der Waals surface area contributed by atoms with E-state index in [4.69, 9.17) is 10.5 Å². The zero-order chi connectivity index (χ0) is 13.8. The van der Waals surface area contributed by atoms with Gasteiger partial charge in [-0.05, 0) is 32.4 Å². The normalized spacial score (nSPS) is 12.4. The van der Waals surface area contributed by atoms with Crippen molar-refractivity contribution in [2.24, 2.45) is 5.73 Å². The molecule has 1 aromatic heterocycles. The van der Waals surface area contributed by atoms with Gasteiger partial charge < -0.3 is 15.0 Å². The van der Waals surface area contributed by atoms with Crippen molar-refractivity contribution in [2.75, 3.05) is 6.61 Å². The minimum Gasteiger partial charge on any atom is -0.491 e. The second-order valence-electron chi connectivity index (χ2n) is 4.85. The molecule has 4 heteroatoms. The van der Waals surface area contributed by atoms with Crippen LogP contribution in [0.2, 0.25) is 0 Å². The number of aryl methyl sites for hydroxylation is 2. The number of hydrogen-bond donors (Lipinski definition) is 1. The maximum Gasteiger partial charge on any atom is 0.124 e. The Morgan fingerprint density at radius 3 is 2.79 bits per heavy atom. The van der Waals surface area contributed by atoms with Gasteiger partial charge in [0.1, 0.15) is 18.2 Å². The first kappa shape index (κ1) is 13.6. The van der Waals surface area contributed by atoms with Crippen molar-refractivity contribution >= 4 is 0 Å². The van der Waals surface area contributed by atoms with E-state index < -0.39 is 0 Å². The van der Waals surface area contributed by atoms with Gasteiger partial charge in [-0.25, -0.2) is 4.98 Å². The van der Waals surface area contributed by atoms with Crippen molar-refractivity contribution in [3.05, 3.63) is 47.5 Å². The Hall–Kier alpha value is -1.81. The summed E-state index contributed by atoms with van der Waals surface area (Å²) in [6.07, 6.45) is 3.76. The third kappa shape index (κ3) is 3.35. The minimum absolute atomic E-state index is 0.0226. The van der Waals surface area contributed by atoms with Gasteiger partial charge in [0.2, 0.25) is 0 Å². The number of imidazole rings is 1. The smallest absolute Gasteiger partial charge is 0.124 e. The van der Waals surface area contributed by atoms with Gasteiger partial charge in [-0.15, -0.1) is 0 Å².